The molecule has 19 heavy (non-hydrogen) atoms. The van der Waals surface area contributed by atoms with Crippen LogP contribution in [0.5, 0.6) is 0 Å². The largest absolute Gasteiger partial charge is 0.317 e. The third-order valence-electron chi connectivity index (χ3n) is 5.41. The molecule has 0 bridgehead atoms. The third-order valence-corrected chi connectivity index (χ3v) is 5.41. The first-order valence-electron chi connectivity index (χ1n) is 8.68. The molecular weight excluding hydrogens is 232 g/mol. The first-order chi connectivity index (χ1) is 9.22. The summed E-state index contributed by atoms with van der Waals surface area (Å²) >= 11 is 0. The second kappa shape index (κ2) is 7.64. The SMILES string of the molecule is CCC1CCCCC1N(CC1CCNCC1)C(C)C. The van der Waals surface area contributed by atoms with Crippen molar-refractivity contribution < 1.29 is 0 Å². The van der Waals surface area contributed by atoms with Crippen molar-refractivity contribution in [3.05, 3.63) is 0 Å². The second-order valence-electron chi connectivity index (χ2n) is 7.00. The van der Waals surface area contributed by atoms with Crippen LogP contribution in [-0.4, -0.2) is 36.6 Å². The summed E-state index contributed by atoms with van der Waals surface area (Å²) in [5.74, 6) is 1.89. The lowest BCUT2D eigenvalue weighted by Gasteiger charge is -2.44. The van der Waals surface area contributed by atoms with E-state index in [1.807, 2.05) is 0 Å². The average molecular weight is 266 g/mol. The van der Waals surface area contributed by atoms with Gasteiger partial charge in [0.15, 0.2) is 0 Å². The lowest BCUT2D eigenvalue weighted by molar-refractivity contribution is 0.0532. The van der Waals surface area contributed by atoms with Crippen LogP contribution in [0.3, 0.4) is 0 Å². The molecule has 0 aromatic rings. The van der Waals surface area contributed by atoms with Gasteiger partial charge in [-0.3, -0.25) is 4.90 Å². The van der Waals surface area contributed by atoms with E-state index in [-0.39, 0.29) is 0 Å². The fourth-order valence-corrected chi connectivity index (χ4v) is 4.19. The molecule has 0 radical (unpaired) electrons. The lowest BCUT2D eigenvalue weighted by Crippen LogP contribution is -2.49. The van der Waals surface area contributed by atoms with Gasteiger partial charge in [-0.2, -0.15) is 0 Å². The molecule has 112 valence electrons. The smallest absolute Gasteiger partial charge is 0.0126 e. The number of rotatable bonds is 5. The van der Waals surface area contributed by atoms with Crippen molar-refractivity contribution in [3.8, 4) is 0 Å². The fourth-order valence-electron chi connectivity index (χ4n) is 4.19. The van der Waals surface area contributed by atoms with Gasteiger partial charge in [-0.05, 0) is 64.5 Å². The predicted octanol–water partition coefficient (Wildman–Crippen LogP) is 3.67. The Morgan fingerprint density at radius 1 is 1.05 bits per heavy atom. The van der Waals surface area contributed by atoms with Crippen molar-refractivity contribution in [1.82, 2.24) is 10.2 Å². The van der Waals surface area contributed by atoms with E-state index in [1.165, 1.54) is 64.6 Å². The molecule has 0 amide bonds. The normalized spacial score (nSPS) is 30.2. The number of piperidine rings is 1. The highest BCUT2D eigenvalue weighted by Crippen LogP contribution is 2.32. The molecule has 1 aliphatic carbocycles. The van der Waals surface area contributed by atoms with Crippen LogP contribution in [0.1, 0.15) is 65.7 Å². The zero-order valence-electron chi connectivity index (χ0n) is 13.3. The number of nitrogens with one attached hydrogen (secondary N) is 1. The maximum absolute atomic E-state index is 3.50. The van der Waals surface area contributed by atoms with E-state index >= 15 is 0 Å². The van der Waals surface area contributed by atoms with Crippen molar-refractivity contribution in [1.29, 1.82) is 0 Å². The summed E-state index contributed by atoms with van der Waals surface area (Å²) in [7, 11) is 0. The summed E-state index contributed by atoms with van der Waals surface area (Å²) in [6.07, 6.45) is 9.97. The number of hydrogen-bond donors (Lipinski definition) is 1. The van der Waals surface area contributed by atoms with E-state index in [4.69, 9.17) is 0 Å². The zero-order chi connectivity index (χ0) is 13.7. The van der Waals surface area contributed by atoms with E-state index in [2.05, 4.69) is 31.0 Å². The summed E-state index contributed by atoms with van der Waals surface area (Å²) in [5.41, 5.74) is 0. The maximum atomic E-state index is 3.50. The van der Waals surface area contributed by atoms with E-state index < -0.39 is 0 Å². The van der Waals surface area contributed by atoms with E-state index in [0.29, 0.717) is 6.04 Å². The molecular formula is C17H34N2. The van der Waals surface area contributed by atoms with Gasteiger partial charge < -0.3 is 5.32 Å². The van der Waals surface area contributed by atoms with Gasteiger partial charge in [-0.15, -0.1) is 0 Å². The maximum Gasteiger partial charge on any atom is 0.0126 e. The molecule has 2 atom stereocenters. The van der Waals surface area contributed by atoms with Crippen LogP contribution in [-0.2, 0) is 0 Å². The number of nitrogens with zero attached hydrogens (tertiary/aromatic N) is 1. The van der Waals surface area contributed by atoms with Gasteiger partial charge in [0.2, 0.25) is 0 Å². The fraction of sp³-hybridized carbons (Fsp3) is 1.00. The van der Waals surface area contributed by atoms with Gasteiger partial charge in [-0.25, -0.2) is 0 Å². The molecule has 0 aromatic heterocycles. The van der Waals surface area contributed by atoms with E-state index in [0.717, 1.165) is 17.9 Å². The Hall–Kier alpha value is -0.0800. The van der Waals surface area contributed by atoms with Crippen LogP contribution in [0.15, 0.2) is 0 Å². The molecule has 0 aromatic carbocycles. The van der Waals surface area contributed by atoms with Crippen molar-refractivity contribution in [2.45, 2.75) is 77.8 Å². The Morgan fingerprint density at radius 2 is 1.74 bits per heavy atom. The highest BCUT2D eigenvalue weighted by Gasteiger charge is 2.31. The van der Waals surface area contributed by atoms with Gasteiger partial charge in [0.25, 0.3) is 0 Å². The molecule has 2 unspecified atom stereocenters. The third kappa shape index (κ3) is 4.19. The molecule has 0 spiro atoms. The van der Waals surface area contributed by atoms with Crippen molar-refractivity contribution in [2.75, 3.05) is 19.6 Å². The van der Waals surface area contributed by atoms with Gasteiger partial charge >= 0.3 is 0 Å². The molecule has 2 fully saturated rings. The molecule has 2 nitrogen and oxygen atoms in total. The zero-order valence-corrected chi connectivity index (χ0v) is 13.3. The van der Waals surface area contributed by atoms with E-state index in [1.54, 1.807) is 0 Å². The van der Waals surface area contributed by atoms with Gasteiger partial charge in [0.05, 0.1) is 0 Å². The molecule has 1 heterocycles. The monoisotopic (exact) mass is 266 g/mol. The Labute approximate surface area is 120 Å². The minimum absolute atomic E-state index is 0.715. The van der Waals surface area contributed by atoms with Crippen LogP contribution in [0, 0.1) is 11.8 Å². The minimum Gasteiger partial charge on any atom is -0.317 e. The number of hydrogen-bond acceptors (Lipinski definition) is 2. The minimum atomic E-state index is 0.715. The Bertz CT molecular complexity index is 246. The summed E-state index contributed by atoms with van der Waals surface area (Å²) in [5, 5.41) is 3.50. The second-order valence-corrected chi connectivity index (χ2v) is 7.00. The van der Waals surface area contributed by atoms with Crippen LogP contribution >= 0.6 is 0 Å². The Morgan fingerprint density at radius 3 is 2.37 bits per heavy atom. The summed E-state index contributed by atoms with van der Waals surface area (Å²) < 4.78 is 0. The highest BCUT2D eigenvalue weighted by atomic mass is 15.2. The quantitative estimate of drug-likeness (QED) is 0.817. The van der Waals surface area contributed by atoms with Crippen molar-refractivity contribution in [3.63, 3.8) is 0 Å². The Balaban J connectivity index is 1.96. The van der Waals surface area contributed by atoms with Gasteiger partial charge in [-0.1, -0.05) is 26.2 Å². The van der Waals surface area contributed by atoms with Crippen LogP contribution in [0.25, 0.3) is 0 Å². The highest BCUT2D eigenvalue weighted by molar-refractivity contribution is 4.86. The molecule has 2 heteroatoms. The molecule has 1 N–H and O–H groups in total. The molecule has 1 saturated heterocycles. The molecule has 2 aliphatic rings. The topological polar surface area (TPSA) is 15.3 Å². The van der Waals surface area contributed by atoms with Crippen LogP contribution in [0.4, 0.5) is 0 Å². The van der Waals surface area contributed by atoms with Crippen molar-refractivity contribution in [2.24, 2.45) is 11.8 Å². The molecule has 1 aliphatic heterocycles. The standard InChI is InChI=1S/C17H34N2/c1-4-16-7-5-6-8-17(16)19(14(2)3)13-15-9-11-18-12-10-15/h14-18H,4-13H2,1-3H3. The molecule has 1 saturated carbocycles. The van der Waals surface area contributed by atoms with Crippen LogP contribution in [0.2, 0.25) is 0 Å². The lowest BCUT2D eigenvalue weighted by atomic mass is 9.81. The van der Waals surface area contributed by atoms with Gasteiger partial charge in [0, 0.05) is 18.6 Å². The van der Waals surface area contributed by atoms with E-state index in [9.17, 15) is 0 Å². The van der Waals surface area contributed by atoms with Gasteiger partial charge in [0.1, 0.15) is 0 Å². The summed E-state index contributed by atoms with van der Waals surface area (Å²) in [4.78, 5) is 2.86. The Kier molecular flexibility index (Phi) is 6.15. The first kappa shape index (κ1) is 15.3. The molecule has 2 rings (SSSR count). The first-order valence-corrected chi connectivity index (χ1v) is 8.68. The predicted molar refractivity (Wildman–Crippen MR) is 83.5 cm³/mol. The average Bonchev–Trinajstić information content (AvgIpc) is 2.45. The summed E-state index contributed by atoms with van der Waals surface area (Å²) in [6.45, 7) is 11.0. The van der Waals surface area contributed by atoms with Crippen LogP contribution < -0.4 is 5.32 Å². The summed E-state index contributed by atoms with van der Waals surface area (Å²) in [6, 6.07) is 1.58. The van der Waals surface area contributed by atoms with Crippen molar-refractivity contribution >= 4 is 0 Å².